The minimum absolute atomic E-state index is 0.165. The van der Waals surface area contributed by atoms with Crippen molar-refractivity contribution in [2.75, 3.05) is 0 Å². The fourth-order valence-corrected chi connectivity index (χ4v) is 4.00. The second-order valence-electron chi connectivity index (χ2n) is 7.22. The maximum Gasteiger partial charge on any atom is 0.264 e. The monoisotopic (exact) mass is 448 g/mol. The van der Waals surface area contributed by atoms with E-state index in [1.165, 1.54) is 11.8 Å². The van der Waals surface area contributed by atoms with Crippen LogP contribution in [0.3, 0.4) is 0 Å². The molecule has 3 aromatic carbocycles. The third-order valence-corrected chi connectivity index (χ3v) is 5.91. The zero-order valence-electron chi connectivity index (χ0n) is 17.2. The fourth-order valence-electron chi connectivity index (χ4n) is 3.04. The van der Waals surface area contributed by atoms with Crippen LogP contribution < -0.4 is 10.1 Å². The van der Waals surface area contributed by atoms with E-state index < -0.39 is 0 Å². The zero-order valence-corrected chi connectivity index (χ0v) is 18.8. The number of hydrogen-bond acceptors (Lipinski definition) is 4. The molecule has 1 N–H and O–H groups in total. The third-order valence-electron chi connectivity index (χ3n) is 4.75. The number of nitrogens with zero attached hydrogens (tertiary/aromatic N) is 1. The largest absolute Gasteiger partial charge is 0.488 e. The predicted octanol–water partition coefficient (Wildman–Crippen LogP) is 6.43. The van der Waals surface area contributed by atoms with Crippen molar-refractivity contribution in [3.05, 3.63) is 98.9 Å². The highest BCUT2D eigenvalue weighted by Crippen LogP contribution is 2.31. The zero-order chi connectivity index (χ0) is 21.8. The molecule has 4 rings (SSSR count). The van der Waals surface area contributed by atoms with Crippen LogP contribution in [0, 0.1) is 13.8 Å². The van der Waals surface area contributed by atoms with Gasteiger partial charge in [-0.3, -0.25) is 4.79 Å². The van der Waals surface area contributed by atoms with Crippen molar-refractivity contribution < 1.29 is 9.53 Å². The van der Waals surface area contributed by atoms with Gasteiger partial charge in [-0.1, -0.05) is 54.1 Å². The van der Waals surface area contributed by atoms with E-state index in [1.54, 1.807) is 0 Å². The number of aryl methyl sites for hydroxylation is 2. The Hall–Kier alpha value is -3.02. The molecule has 0 bridgehead atoms. The Bertz CT molecular complexity index is 1190. The summed E-state index contributed by atoms with van der Waals surface area (Å²) in [7, 11) is 0. The van der Waals surface area contributed by atoms with Crippen molar-refractivity contribution in [2.45, 2.75) is 20.5 Å². The van der Waals surface area contributed by atoms with E-state index >= 15 is 0 Å². The van der Waals surface area contributed by atoms with Gasteiger partial charge in [0.1, 0.15) is 12.4 Å². The van der Waals surface area contributed by atoms with Crippen molar-refractivity contribution in [2.24, 2.45) is 4.99 Å². The first-order valence-corrected chi connectivity index (χ1v) is 11.0. The molecule has 6 heteroatoms. The quantitative estimate of drug-likeness (QED) is 0.457. The Labute approximate surface area is 191 Å². The van der Waals surface area contributed by atoms with Gasteiger partial charge in [0.25, 0.3) is 5.91 Å². The standard InChI is InChI=1S/C25H21ClN2O2S/c1-16-7-8-17(2)21(13-16)27-25-28-24(29)23(31-25)14-19-5-3-4-6-22(19)30-15-18-9-11-20(26)12-10-18/h3-14H,15H2,1-2H3,(H,27,28,29)/b23-14-. The molecular weight excluding hydrogens is 428 g/mol. The number of amidine groups is 1. The Balaban J connectivity index is 1.53. The number of carbonyl (C=O) groups excluding carboxylic acids is 1. The first kappa shape index (κ1) is 21.2. The van der Waals surface area contributed by atoms with Crippen molar-refractivity contribution in [1.29, 1.82) is 0 Å². The summed E-state index contributed by atoms with van der Waals surface area (Å²) in [5, 5.41) is 4.12. The van der Waals surface area contributed by atoms with Crippen LogP contribution in [0.2, 0.25) is 5.02 Å². The SMILES string of the molecule is Cc1ccc(C)c(N=C2NC(=O)/C(=C/c3ccccc3OCc3ccc(Cl)cc3)S2)c1. The number of rotatable bonds is 5. The van der Waals surface area contributed by atoms with Gasteiger partial charge in [0.2, 0.25) is 0 Å². The second-order valence-corrected chi connectivity index (χ2v) is 8.69. The van der Waals surface area contributed by atoms with E-state index in [4.69, 9.17) is 16.3 Å². The molecule has 0 aliphatic carbocycles. The summed E-state index contributed by atoms with van der Waals surface area (Å²) in [6, 6.07) is 21.3. The van der Waals surface area contributed by atoms with Crippen LogP contribution in [0.5, 0.6) is 5.75 Å². The number of halogens is 1. The number of nitrogens with one attached hydrogen (secondary N) is 1. The molecule has 0 radical (unpaired) electrons. The lowest BCUT2D eigenvalue weighted by Crippen LogP contribution is -2.19. The van der Waals surface area contributed by atoms with E-state index in [-0.39, 0.29) is 5.91 Å². The minimum atomic E-state index is -0.165. The number of benzene rings is 3. The Morgan fingerprint density at radius 1 is 1.06 bits per heavy atom. The second kappa shape index (κ2) is 9.41. The molecule has 4 nitrogen and oxygen atoms in total. The molecule has 1 heterocycles. The van der Waals surface area contributed by atoms with Crippen LogP contribution in [0.4, 0.5) is 5.69 Å². The summed E-state index contributed by atoms with van der Waals surface area (Å²) in [5.41, 5.74) is 4.90. The van der Waals surface area contributed by atoms with Gasteiger partial charge in [-0.25, -0.2) is 4.99 Å². The van der Waals surface area contributed by atoms with E-state index in [9.17, 15) is 4.79 Å². The molecule has 31 heavy (non-hydrogen) atoms. The third kappa shape index (κ3) is 5.37. The van der Waals surface area contributed by atoms with E-state index in [0.29, 0.717) is 27.5 Å². The highest BCUT2D eigenvalue weighted by Gasteiger charge is 2.24. The van der Waals surface area contributed by atoms with Crippen LogP contribution in [0.25, 0.3) is 6.08 Å². The van der Waals surface area contributed by atoms with Crippen LogP contribution in [0.15, 0.2) is 76.6 Å². The van der Waals surface area contributed by atoms with E-state index in [1.807, 2.05) is 86.7 Å². The summed E-state index contributed by atoms with van der Waals surface area (Å²) in [6.07, 6.45) is 1.84. The number of thioether (sulfide) groups is 1. The molecule has 156 valence electrons. The van der Waals surface area contributed by atoms with E-state index in [2.05, 4.69) is 10.3 Å². The van der Waals surface area contributed by atoms with Crippen LogP contribution >= 0.6 is 23.4 Å². The molecule has 1 saturated heterocycles. The van der Waals surface area contributed by atoms with Crippen molar-refractivity contribution in [3.63, 3.8) is 0 Å². The van der Waals surface area contributed by atoms with Crippen LogP contribution in [0.1, 0.15) is 22.3 Å². The van der Waals surface area contributed by atoms with Gasteiger partial charge in [0.15, 0.2) is 5.17 Å². The van der Waals surface area contributed by atoms with Crippen molar-refractivity contribution >= 4 is 46.2 Å². The molecule has 0 spiro atoms. The van der Waals surface area contributed by atoms with Gasteiger partial charge >= 0.3 is 0 Å². The van der Waals surface area contributed by atoms with Crippen LogP contribution in [-0.2, 0) is 11.4 Å². The molecule has 0 saturated carbocycles. The summed E-state index contributed by atoms with van der Waals surface area (Å²) in [4.78, 5) is 17.7. The fraction of sp³-hybridized carbons (Fsp3) is 0.120. The number of amides is 1. The number of carbonyl (C=O) groups is 1. The molecule has 1 aliphatic heterocycles. The maximum absolute atomic E-state index is 12.5. The Morgan fingerprint density at radius 2 is 1.84 bits per heavy atom. The molecule has 0 unspecified atom stereocenters. The molecule has 3 aromatic rings. The summed E-state index contributed by atoms with van der Waals surface area (Å²) < 4.78 is 6.00. The highest BCUT2D eigenvalue weighted by atomic mass is 35.5. The highest BCUT2D eigenvalue weighted by molar-refractivity contribution is 8.18. The van der Waals surface area contributed by atoms with Crippen molar-refractivity contribution in [1.82, 2.24) is 5.32 Å². The van der Waals surface area contributed by atoms with Crippen molar-refractivity contribution in [3.8, 4) is 5.75 Å². The van der Waals surface area contributed by atoms with Gasteiger partial charge in [-0.2, -0.15) is 0 Å². The van der Waals surface area contributed by atoms with Gasteiger partial charge < -0.3 is 10.1 Å². The molecule has 0 atom stereocenters. The number of aliphatic imine (C=N–C) groups is 1. The lowest BCUT2D eigenvalue weighted by atomic mass is 10.1. The molecule has 1 amide bonds. The van der Waals surface area contributed by atoms with Gasteiger partial charge in [-0.05, 0) is 72.6 Å². The van der Waals surface area contributed by atoms with Gasteiger partial charge in [0, 0.05) is 10.6 Å². The topological polar surface area (TPSA) is 50.7 Å². The normalized spacial score (nSPS) is 16.0. The molecule has 1 fully saturated rings. The predicted molar refractivity (Wildman–Crippen MR) is 129 cm³/mol. The lowest BCUT2D eigenvalue weighted by Gasteiger charge is -2.09. The summed E-state index contributed by atoms with van der Waals surface area (Å²) in [5.74, 6) is 0.542. The van der Waals surface area contributed by atoms with E-state index in [0.717, 1.165) is 27.9 Å². The Morgan fingerprint density at radius 3 is 2.65 bits per heavy atom. The average molecular weight is 449 g/mol. The number of para-hydroxylation sites is 1. The lowest BCUT2D eigenvalue weighted by molar-refractivity contribution is -0.115. The first-order chi connectivity index (χ1) is 15.0. The minimum Gasteiger partial charge on any atom is -0.488 e. The molecule has 1 aliphatic rings. The van der Waals surface area contributed by atoms with Crippen LogP contribution in [-0.4, -0.2) is 11.1 Å². The maximum atomic E-state index is 12.5. The first-order valence-electron chi connectivity index (χ1n) is 9.81. The van der Waals surface area contributed by atoms with Gasteiger partial charge in [0.05, 0.1) is 10.6 Å². The summed E-state index contributed by atoms with van der Waals surface area (Å²) in [6.45, 7) is 4.44. The smallest absolute Gasteiger partial charge is 0.264 e. The number of ether oxygens (including phenoxy) is 1. The summed E-state index contributed by atoms with van der Waals surface area (Å²) >= 11 is 7.27. The number of hydrogen-bond donors (Lipinski definition) is 1. The molecular formula is C25H21ClN2O2S. The van der Waals surface area contributed by atoms with Gasteiger partial charge in [-0.15, -0.1) is 0 Å². The average Bonchev–Trinajstić information content (AvgIpc) is 3.10. The molecule has 0 aromatic heterocycles. The Kier molecular flexibility index (Phi) is 6.44.